The Morgan fingerprint density at radius 2 is 2.44 bits per heavy atom. The summed E-state index contributed by atoms with van der Waals surface area (Å²) in [6.07, 6.45) is 4.91. The molecule has 0 spiro atoms. The number of aromatic nitrogens is 1. The van der Waals surface area contributed by atoms with E-state index in [4.69, 9.17) is 10.5 Å². The quantitative estimate of drug-likeness (QED) is 0.854. The van der Waals surface area contributed by atoms with Gasteiger partial charge in [0, 0.05) is 24.8 Å². The molecule has 2 rings (SSSR count). The van der Waals surface area contributed by atoms with E-state index in [-0.39, 0.29) is 23.9 Å². The number of rotatable bonds is 3. The van der Waals surface area contributed by atoms with E-state index in [1.54, 1.807) is 6.20 Å². The molecule has 3 nitrogen and oxygen atoms in total. The van der Waals surface area contributed by atoms with Crippen molar-refractivity contribution in [2.24, 2.45) is 11.7 Å². The van der Waals surface area contributed by atoms with Crippen molar-refractivity contribution >= 4 is 0 Å². The fourth-order valence-corrected chi connectivity index (χ4v) is 2.35. The smallest absolute Gasteiger partial charge is 0.141 e. The maximum absolute atomic E-state index is 13.0. The third-order valence-corrected chi connectivity index (χ3v) is 3.24. The Morgan fingerprint density at radius 3 is 3.12 bits per heavy atom. The lowest BCUT2D eigenvalue weighted by atomic mass is 9.88. The number of hydrogen-bond donors (Lipinski definition) is 1. The second-order valence-electron chi connectivity index (χ2n) is 4.23. The van der Waals surface area contributed by atoms with E-state index >= 15 is 0 Å². The summed E-state index contributed by atoms with van der Waals surface area (Å²) in [5.74, 6) is -0.0616. The third-order valence-electron chi connectivity index (χ3n) is 3.24. The maximum Gasteiger partial charge on any atom is 0.141 e. The molecule has 1 aliphatic heterocycles. The number of pyridine rings is 1. The first-order valence-corrected chi connectivity index (χ1v) is 5.70. The van der Waals surface area contributed by atoms with Crippen LogP contribution in [0, 0.1) is 11.7 Å². The summed E-state index contributed by atoms with van der Waals surface area (Å²) < 4.78 is 18.6. The van der Waals surface area contributed by atoms with Gasteiger partial charge in [-0.25, -0.2) is 4.39 Å². The monoisotopic (exact) mass is 224 g/mol. The van der Waals surface area contributed by atoms with Gasteiger partial charge in [0.2, 0.25) is 0 Å². The van der Waals surface area contributed by atoms with Crippen LogP contribution in [0.5, 0.6) is 0 Å². The lowest BCUT2D eigenvalue weighted by Crippen LogP contribution is -2.28. The van der Waals surface area contributed by atoms with Crippen LogP contribution >= 0.6 is 0 Å². The molecule has 3 unspecified atom stereocenters. The molecule has 16 heavy (non-hydrogen) atoms. The van der Waals surface area contributed by atoms with Crippen molar-refractivity contribution in [3.05, 3.63) is 29.8 Å². The lowest BCUT2D eigenvalue weighted by molar-refractivity contribution is 0.0813. The molecule has 0 bridgehead atoms. The Bertz CT molecular complexity index is 359. The van der Waals surface area contributed by atoms with Gasteiger partial charge in [-0.3, -0.25) is 4.98 Å². The highest BCUT2D eigenvalue weighted by Crippen LogP contribution is 2.33. The first-order valence-electron chi connectivity index (χ1n) is 5.70. The van der Waals surface area contributed by atoms with Crippen molar-refractivity contribution in [3.8, 4) is 0 Å². The molecule has 0 radical (unpaired) electrons. The number of ether oxygens (including phenoxy) is 1. The molecule has 0 saturated carbocycles. The molecule has 88 valence electrons. The van der Waals surface area contributed by atoms with Gasteiger partial charge in [-0.15, -0.1) is 0 Å². The van der Waals surface area contributed by atoms with Crippen LogP contribution in [0.4, 0.5) is 4.39 Å². The number of hydrogen-bond acceptors (Lipinski definition) is 3. The molecule has 2 heterocycles. The molecular formula is C12H17FN2O. The Hall–Kier alpha value is -1.00. The molecule has 1 saturated heterocycles. The van der Waals surface area contributed by atoms with E-state index in [2.05, 4.69) is 11.9 Å². The van der Waals surface area contributed by atoms with Gasteiger partial charge < -0.3 is 10.5 Å². The summed E-state index contributed by atoms with van der Waals surface area (Å²) >= 11 is 0. The lowest BCUT2D eigenvalue weighted by Gasteiger charge is -2.23. The van der Waals surface area contributed by atoms with Gasteiger partial charge in [0.15, 0.2) is 0 Å². The summed E-state index contributed by atoms with van der Waals surface area (Å²) in [5, 5.41) is 0. The molecule has 4 heteroatoms. The average Bonchev–Trinajstić information content (AvgIpc) is 2.76. The van der Waals surface area contributed by atoms with Gasteiger partial charge in [-0.1, -0.05) is 6.92 Å². The normalized spacial score (nSPS) is 26.9. The minimum atomic E-state index is -0.333. The fourth-order valence-electron chi connectivity index (χ4n) is 2.35. The largest absolute Gasteiger partial charge is 0.378 e. The molecule has 1 fully saturated rings. The van der Waals surface area contributed by atoms with Crippen LogP contribution < -0.4 is 5.73 Å². The molecular weight excluding hydrogens is 207 g/mol. The molecule has 0 aliphatic carbocycles. The highest BCUT2D eigenvalue weighted by Gasteiger charge is 2.32. The van der Waals surface area contributed by atoms with E-state index in [1.807, 2.05) is 0 Å². The Balaban J connectivity index is 2.15. The predicted molar refractivity (Wildman–Crippen MR) is 59.3 cm³/mol. The van der Waals surface area contributed by atoms with Crippen molar-refractivity contribution in [1.29, 1.82) is 0 Å². The summed E-state index contributed by atoms with van der Waals surface area (Å²) in [6, 6.07) is 1.28. The maximum atomic E-state index is 13.0. The molecule has 1 aromatic heterocycles. The number of nitrogens with zero attached hydrogens (tertiary/aromatic N) is 1. The van der Waals surface area contributed by atoms with Gasteiger partial charge in [0.25, 0.3) is 0 Å². The second-order valence-corrected chi connectivity index (χ2v) is 4.23. The highest BCUT2D eigenvalue weighted by molar-refractivity contribution is 5.16. The van der Waals surface area contributed by atoms with Crippen molar-refractivity contribution < 1.29 is 9.13 Å². The van der Waals surface area contributed by atoms with Crippen molar-refractivity contribution in [2.75, 3.05) is 6.61 Å². The Morgan fingerprint density at radius 1 is 1.62 bits per heavy atom. The summed E-state index contributed by atoms with van der Waals surface area (Å²) in [6.45, 7) is 2.83. The van der Waals surface area contributed by atoms with Crippen LogP contribution in [-0.2, 0) is 4.74 Å². The first-order chi connectivity index (χ1) is 7.72. The first kappa shape index (κ1) is 11.5. The van der Waals surface area contributed by atoms with Gasteiger partial charge in [-0.05, 0) is 24.5 Å². The minimum absolute atomic E-state index is 0.185. The van der Waals surface area contributed by atoms with Gasteiger partial charge in [0.05, 0.1) is 12.3 Å². The fraction of sp³-hybridized carbons (Fsp3) is 0.583. The SMILES string of the molecule is CCC1OCCC1C(N)c1cncc(F)c1. The molecule has 0 amide bonds. The molecule has 3 atom stereocenters. The number of nitrogens with two attached hydrogens (primary N) is 1. The van der Waals surface area contributed by atoms with Crippen LogP contribution in [0.1, 0.15) is 31.4 Å². The van der Waals surface area contributed by atoms with Crippen molar-refractivity contribution in [2.45, 2.75) is 31.9 Å². The van der Waals surface area contributed by atoms with Crippen LogP contribution in [0.15, 0.2) is 18.5 Å². The highest BCUT2D eigenvalue weighted by atomic mass is 19.1. The molecule has 0 aromatic carbocycles. The van der Waals surface area contributed by atoms with Crippen LogP contribution in [0.2, 0.25) is 0 Å². The van der Waals surface area contributed by atoms with Gasteiger partial charge in [0.1, 0.15) is 5.82 Å². The van der Waals surface area contributed by atoms with E-state index in [9.17, 15) is 4.39 Å². The number of halogens is 1. The van der Waals surface area contributed by atoms with E-state index in [0.717, 1.165) is 25.0 Å². The van der Waals surface area contributed by atoms with Gasteiger partial charge in [-0.2, -0.15) is 0 Å². The zero-order chi connectivity index (χ0) is 11.5. The second kappa shape index (κ2) is 4.89. The average molecular weight is 224 g/mol. The van der Waals surface area contributed by atoms with Crippen LogP contribution in [0.3, 0.4) is 0 Å². The summed E-state index contributed by atoms with van der Waals surface area (Å²) in [4.78, 5) is 3.83. The zero-order valence-electron chi connectivity index (χ0n) is 9.40. The Kier molecular flexibility index (Phi) is 3.51. The molecule has 1 aromatic rings. The summed E-state index contributed by atoms with van der Waals surface area (Å²) in [5.41, 5.74) is 6.91. The predicted octanol–water partition coefficient (Wildman–Crippen LogP) is 2.04. The molecule has 2 N–H and O–H groups in total. The van der Waals surface area contributed by atoms with Gasteiger partial charge >= 0.3 is 0 Å². The molecule has 1 aliphatic rings. The van der Waals surface area contributed by atoms with Crippen molar-refractivity contribution in [3.63, 3.8) is 0 Å². The van der Waals surface area contributed by atoms with Crippen LogP contribution in [0.25, 0.3) is 0 Å². The topological polar surface area (TPSA) is 48.1 Å². The van der Waals surface area contributed by atoms with Crippen LogP contribution in [-0.4, -0.2) is 17.7 Å². The Labute approximate surface area is 94.8 Å². The van der Waals surface area contributed by atoms with E-state index < -0.39 is 0 Å². The zero-order valence-corrected chi connectivity index (χ0v) is 9.40. The minimum Gasteiger partial charge on any atom is -0.378 e. The van der Waals surface area contributed by atoms with Crippen molar-refractivity contribution in [1.82, 2.24) is 4.98 Å². The standard InChI is InChI=1S/C12H17FN2O/c1-2-11-10(3-4-16-11)12(14)8-5-9(13)7-15-6-8/h5-7,10-12H,2-4,14H2,1H3. The summed E-state index contributed by atoms with van der Waals surface area (Å²) in [7, 11) is 0. The van der Waals surface area contributed by atoms with E-state index in [1.165, 1.54) is 12.3 Å². The third kappa shape index (κ3) is 2.23. The van der Waals surface area contributed by atoms with E-state index in [0.29, 0.717) is 0 Å².